The lowest BCUT2D eigenvalue weighted by atomic mass is 10.3. The third kappa shape index (κ3) is 5.57. The number of guanidine groups is 1. The summed E-state index contributed by atoms with van der Waals surface area (Å²) in [5, 5.41) is 2.94. The standard InChI is InChI=1S/C10H16N4O2.HI/c1-6(2)14-10(12)13-4-8-3-7(5-16-8)9(11)15;/h3,5-6H,4H2,1-2H3,(H2,11,15)(H3,12,13,14);1H. The summed E-state index contributed by atoms with van der Waals surface area (Å²) in [6, 6.07) is 1.77. The lowest BCUT2D eigenvalue weighted by Crippen LogP contribution is -2.36. The van der Waals surface area contributed by atoms with Crippen molar-refractivity contribution in [2.75, 3.05) is 0 Å². The Hall–Kier alpha value is -1.25. The first-order chi connectivity index (χ1) is 7.49. The van der Waals surface area contributed by atoms with Gasteiger partial charge in [-0.05, 0) is 19.9 Å². The van der Waals surface area contributed by atoms with Crippen LogP contribution in [-0.2, 0) is 6.54 Å². The first kappa shape index (κ1) is 15.8. The van der Waals surface area contributed by atoms with E-state index >= 15 is 0 Å². The number of nitrogens with zero attached hydrogens (tertiary/aromatic N) is 1. The molecule has 0 aromatic carbocycles. The highest BCUT2D eigenvalue weighted by atomic mass is 127. The second-order valence-corrected chi connectivity index (χ2v) is 3.67. The quantitative estimate of drug-likeness (QED) is 0.423. The summed E-state index contributed by atoms with van der Waals surface area (Å²) in [5.41, 5.74) is 11.0. The molecule has 1 aromatic heterocycles. The minimum atomic E-state index is -0.521. The highest BCUT2D eigenvalue weighted by Gasteiger charge is 2.05. The van der Waals surface area contributed by atoms with Crippen molar-refractivity contribution >= 4 is 35.8 Å². The molecule has 17 heavy (non-hydrogen) atoms. The van der Waals surface area contributed by atoms with Crippen LogP contribution in [-0.4, -0.2) is 17.9 Å². The Morgan fingerprint density at radius 2 is 2.18 bits per heavy atom. The molecule has 0 spiro atoms. The Morgan fingerprint density at radius 1 is 1.53 bits per heavy atom. The fourth-order valence-corrected chi connectivity index (χ4v) is 1.10. The van der Waals surface area contributed by atoms with Crippen LogP contribution in [0.5, 0.6) is 0 Å². The summed E-state index contributed by atoms with van der Waals surface area (Å²) in [6.07, 6.45) is 1.30. The van der Waals surface area contributed by atoms with E-state index in [4.69, 9.17) is 15.9 Å². The molecule has 0 fully saturated rings. The fraction of sp³-hybridized carbons (Fsp3) is 0.400. The van der Waals surface area contributed by atoms with Gasteiger partial charge in [-0.15, -0.1) is 24.0 Å². The van der Waals surface area contributed by atoms with Crippen LogP contribution in [0.2, 0.25) is 0 Å². The van der Waals surface area contributed by atoms with Gasteiger partial charge in [-0.3, -0.25) is 4.79 Å². The van der Waals surface area contributed by atoms with Crippen molar-refractivity contribution < 1.29 is 9.21 Å². The van der Waals surface area contributed by atoms with E-state index in [1.165, 1.54) is 6.26 Å². The molecule has 0 radical (unpaired) electrons. The topological polar surface area (TPSA) is 107 Å². The Morgan fingerprint density at radius 3 is 2.65 bits per heavy atom. The molecule has 0 aliphatic rings. The summed E-state index contributed by atoms with van der Waals surface area (Å²) in [7, 11) is 0. The molecule has 0 unspecified atom stereocenters. The molecule has 0 aliphatic carbocycles. The molecule has 1 heterocycles. The molecule has 6 nitrogen and oxygen atoms in total. The zero-order chi connectivity index (χ0) is 12.1. The van der Waals surface area contributed by atoms with Gasteiger partial charge in [0.05, 0.1) is 5.56 Å². The summed E-state index contributed by atoms with van der Waals surface area (Å²) in [5.74, 6) is 0.363. The number of amides is 1. The van der Waals surface area contributed by atoms with Gasteiger partial charge in [0.1, 0.15) is 18.6 Å². The second kappa shape index (κ2) is 7.15. The monoisotopic (exact) mass is 352 g/mol. The normalized spacial score (nSPS) is 11.1. The average Bonchev–Trinajstić information content (AvgIpc) is 2.61. The third-order valence-corrected chi connectivity index (χ3v) is 1.78. The fourth-order valence-electron chi connectivity index (χ4n) is 1.10. The number of carbonyl (C=O) groups is 1. The van der Waals surface area contributed by atoms with Crippen LogP contribution in [0.25, 0.3) is 0 Å². The smallest absolute Gasteiger partial charge is 0.251 e. The molecule has 5 N–H and O–H groups in total. The Balaban J connectivity index is 0.00000256. The average molecular weight is 352 g/mol. The molecule has 0 saturated carbocycles. The van der Waals surface area contributed by atoms with Crippen molar-refractivity contribution in [3.05, 3.63) is 23.7 Å². The Kier molecular flexibility index (Phi) is 6.62. The van der Waals surface area contributed by atoms with Gasteiger partial charge in [0.2, 0.25) is 0 Å². The minimum Gasteiger partial charge on any atom is -0.467 e. The van der Waals surface area contributed by atoms with Gasteiger partial charge >= 0.3 is 0 Å². The largest absolute Gasteiger partial charge is 0.467 e. The minimum absolute atomic E-state index is 0. The number of rotatable bonds is 4. The van der Waals surface area contributed by atoms with Crippen molar-refractivity contribution in [3.63, 3.8) is 0 Å². The number of aliphatic imine (C=N–C) groups is 1. The molecule has 1 rings (SSSR count). The van der Waals surface area contributed by atoms with Gasteiger partial charge < -0.3 is 21.2 Å². The number of halogens is 1. The van der Waals surface area contributed by atoms with E-state index in [9.17, 15) is 4.79 Å². The van der Waals surface area contributed by atoms with E-state index in [1.807, 2.05) is 13.8 Å². The zero-order valence-electron chi connectivity index (χ0n) is 9.77. The second-order valence-electron chi connectivity index (χ2n) is 3.67. The molecule has 0 bridgehead atoms. The Bertz CT molecular complexity index is 401. The van der Waals surface area contributed by atoms with Crippen LogP contribution in [0, 0.1) is 0 Å². The van der Waals surface area contributed by atoms with Gasteiger partial charge in [-0.25, -0.2) is 4.99 Å². The zero-order valence-corrected chi connectivity index (χ0v) is 12.1. The molecular weight excluding hydrogens is 335 g/mol. The maximum atomic E-state index is 10.8. The predicted molar refractivity (Wildman–Crippen MR) is 76.2 cm³/mol. The first-order valence-corrected chi connectivity index (χ1v) is 4.92. The lowest BCUT2D eigenvalue weighted by Gasteiger charge is -2.07. The lowest BCUT2D eigenvalue weighted by molar-refractivity contribution is 0.0999. The summed E-state index contributed by atoms with van der Waals surface area (Å²) in [4.78, 5) is 14.8. The molecule has 1 amide bonds. The number of furan rings is 1. The molecular formula is C10H17IN4O2. The maximum Gasteiger partial charge on any atom is 0.251 e. The summed E-state index contributed by atoms with van der Waals surface area (Å²) in [6.45, 7) is 4.19. The van der Waals surface area contributed by atoms with Gasteiger partial charge in [0.15, 0.2) is 5.96 Å². The van der Waals surface area contributed by atoms with Crippen LogP contribution in [0.3, 0.4) is 0 Å². The molecule has 1 aromatic rings. The highest BCUT2D eigenvalue weighted by Crippen LogP contribution is 2.07. The summed E-state index contributed by atoms with van der Waals surface area (Å²) < 4.78 is 5.09. The first-order valence-electron chi connectivity index (χ1n) is 4.92. The van der Waals surface area contributed by atoms with Gasteiger partial charge in [0.25, 0.3) is 5.91 Å². The van der Waals surface area contributed by atoms with Crippen molar-refractivity contribution in [1.82, 2.24) is 5.32 Å². The number of nitrogens with two attached hydrogens (primary N) is 2. The highest BCUT2D eigenvalue weighted by molar-refractivity contribution is 14.0. The number of hydrogen-bond acceptors (Lipinski definition) is 3. The van der Waals surface area contributed by atoms with Crippen molar-refractivity contribution in [2.45, 2.75) is 26.4 Å². The van der Waals surface area contributed by atoms with Gasteiger partial charge in [0, 0.05) is 6.04 Å². The van der Waals surface area contributed by atoms with E-state index in [0.29, 0.717) is 17.3 Å². The van der Waals surface area contributed by atoms with E-state index in [1.54, 1.807) is 6.07 Å². The van der Waals surface area contributed by atoms with Crippen molar-refractivity contribution in [3.8, 4) is 0 Å². The van der Waals surface area contributed by atoms with Crippen LogP contribution in [0.1, 0.15) is 30.0 Å². The van der Waals surface area contributed by atoms with Crippen molar-refractivity contribution in [1.29, 1.82) is 0 Å². The molecule has 7 heteroatoms. The number of nitrogens with one attached hydrogen (secondary N) is 1. The van der Waals surface area contributed by atoms with Gasteiger partial charge in [-0.1, -0.05) is 0 Å². The number of primary amides is 1. The van der Waals surface area contributed by atoms with E-state index in [-0.39, 0.29) is 36.6 Å². The van der Waals surface area contributed by atoms with Crippen LogP contribution in [0.15, 0.2) is 21.7 Å². The van der Waals surface area contributed by atoms with Crippen LogP contribution < -0.4 is 16.8 Å². The van der Waals surface area contributed by atoms with Crippen molar-refractivity contribution in [2.24, 2.45) is 16.5 Å². The predicted octanol–water partition coefficient (Wildman–Crippen LogP) is 0.809. The number of carbonyl (C=O) groups excluding carboxylic acids is 1. The third-order valence-electron chi connectivity index (χ3n) is 1.78. The molecule has 0 saturated heterocycles. The van der Waals surface area contributed by atoms with E-state index < -0.39 is 5.91 Å². The molecule has 0 aliphatic heterocycles. The van der Waals surface area contributed by atoms with E-state index in [0.717, 1.165) is 0 Å². The van der Waals surface area contributed by atoms with E-state index in [2.05, 4.69) is 10.3 Å². The molecule has 0 atom stereocenters. The van der Waals surface area contributed by atoms with Crippen LogP contribution in [0.4, 0.5) is 0 Å². The van der Waals surface area contributed by atoms with Crippen LogP contribution >= 0.6 is 24.0 Å². The SMILES string of the molecule is CC(C)NC(N)=NCc1cc(C(N)=O)co1.I. The molecule has 96 valence electrons. The maximum absolute atomic E-state index is 10.8. The summed E-state index contributed by atoms with van der Waals surface area (Å²) >= 11 is 0. The van der Waals surface area contributed by atoms with Gasteiger partial charge in [-0.2, -0.15) is 0 Å². The number of hydrogen-bond donors (Lipinski definition) is 3. The Labute approximate surface area is 117 Å².